The highest BCUT2D eigenvalue weighted by atomic mass is 32.2. The van der Waals surface area contributed by atoms with E-state index in [2.05, 4.69) is 6.07 Å². The van der Waals surface area contributed by atoms with Crippen molar-refractivity contribution in [1.82, 2.24) is 19.6 Å². The average Bonchev–Trinajstić information content (AvgIpc) is 3.39. The number of sulfonamides is 1. The van der Waals surface area contributed by atoms with Crippen molar-refractivity contribution in [3.63, 3.8) is 0 Å². The molecule has 0 spiro atoms. The molecule has 2 aliphatic heterocycles. The molecule has 3 atom stereocenters. The van der Waals surface area contributed by atoms with Crippen LogP contribution < -0.4 is 5.48 Å². The summed E-state index contributed by atoms with van der Waals surface area (Å²) >= 11 is 0. The summed E-state index contributed by atoms with van der Waals surface area (Å²) in [5.41, 5.74) is 3.30. The van der Waals surface area contributed by atoms with Gasteiger partial charge in [-0.05, 0) is 73.6 Å². The quantitative estimate of drug-likeness (QED) is 0.453. The molecule has 3 fully saturated rings. The number of hydrogen-bond donors (Lipinski definition) is 2. The lowest BCUT2D eigenvalue weighted by molar-refractivity contribution is -0.138. The molecule has 196 valence electrons. The number of hydroxylamine groups is 1. The van der Waals surface area contributed by atoms with Gasteiger partial charge in [-0.15, -0.1) is 0 Å². The van der Waals surface area contributed by atoms with Gasteiger partial charge in [-0.2, -0.15) is 5.26 Å². The summed E-state index contributed by atoms with van der Waals surface area (Å²) in [7, 11) is -0.366. The standard InChI is InChI=1S/C25H35N5O5S/c1-17-10-18(13-26)4-5-22(17)19-6-8-30(9-7-19)36(34,35)16-25(23(31)27-33)11-20-14-29(15-21(20)12-25)24(32)28(2)3/h4-5,10,19-21,33H,6-9,11-12,14-16H2,1-3H3,(H,27,31)/t20-,21+,25?. The molecule has 0 aromatic heterocycles. The Labute approximate surface area is 212 Å². The number of piperidine rings is 1. The van der Waals surface area contributed by atoms with Crippen LogP contribution in [0.4, 0.5) is 4.79 Å². The first-order valence-corrected chi connectivity index (χ1v) is 14.0. The van der Waals surface area contributed by atoms with Crippen molar-refractivity contribution in [3.8, 4) is 6.07 Å². The highest BCUT2D eigenvalue weighted by Gasteiger charge is 2.56. The number of hydrogen-bond acceptors (Lipinski definition) is 6. The molecule has 36 heavy (non-hydrogen) atoms. The first kappa shape index (κ1) is 26.4. The summed E-state index contributed by atoms with van der Waals surface area (Å²) in [5, 5.41) is 18.6. The number of carbonyl (C=O) groups excluding carboxylic acids is 2. The topological polar surface area (TPSA) is 134 Å². The molecule has 2 heterocycles. The fraction of sp³-hybridized carbons (Fsp3) is 0.640. The predicted molar refractivity (Wildman–Crippen MR) is 132 cm³/mol. The van der Waals surface area contributed by atoms with Gasteiger partial charge in [-0.25, -0.2) is 23.0 Å². The Hall–Kier alpha value is -2.68. The molecule has 1 aromatic rings. The summed E-state index contributed by atoms with van der Waals surface area (Å²) in [6.45, 7) is 3.66. The number of nitrogens with one attached hydrogen (secondary N) is 1. The number of aryl methyl sites for hydroxylation is 1. The van der Waals surface area contributed by atoms with Gasteiger partial charge in [0.25, 0.3) is 5.91 Å². The van der Waals surface area contributed by atoms with E-state index < -0.39 is 21.3 Å². The Morgan fingerprint density at radius 1 is 1.19 bits per heavy atom. The van der Waals surface area contributed by atoms with E-state index in [1.54, 1.807) is 30.5 Å². The first-order valence-electron chi connectivity index (χ1n) is 12.4. The summed E-state index contributed by atoms with van der Waals surface area (Å²) in [4.78, 5) is 28.4. The third kappa shape index (κ3) is 4.94. The van der Waals surface area contributed by atoms with Crippen LogP contribution >= 0.6 is 0 Å². The van der Waals surface area contributed by atoms with Crippen molar-refractivity contribution >= 4 is 22.0 Å². The minimum atomic E-state index is -3.75. The maximum atomic E-state index is 13.5. The third-order valence-corrected chi connectivity index (χ3v) is 10.3. The van der Waals surface area contributed by atoms with E-state index in [1.807, 2.05) is 19.1 Å². The molecule has 2 saturated heterocycles. The van der Waals surface area contributed by atoms with E-state index in [-0.39, 0.29) is 29.5 Å². The maximum absolute atomic E-state index is 13.5. The van der Waals surface area contributed by atoms with Crippen molar-refractivity contribution in [1.29, 1.82) is 5.26 Å². The lowest BCUT2D eigenvalue weighted by Gasteiger charge is -2.35. The average molecular weight is 518 g/mol. The van der Waals surface area contributed by atoms with Gasteiger partial charge in [-0.1, -0.05) is 6.07 Å². The van der Waals surface area contributed by atoms with Crippen molar-refractivity contribution in [2.45, 2.75) is 38.5 Å². The zero-order valence-corrected chi connectivity index (χ0v) is 21.9. The van der Waals surface area contributed by atoms with Crippen LogP contribution in [0.25, 0.3) is 0 Å². The van der Waals surface area contributed by atoms with Crippen LogP contribution in [0.5, 0.6) is 0 Å². The molecule has 3 amide bonds. The number of benzene rings is 1. The van der Waals surface area contributed by atoms with Crippen LogP contribution in [0, 0.1) is 35.5 Å². The summed E-state index contributed by atoms with van der Waals surface area (Å²) in [5.74, 6) is -0.751. The lowest BCUT2D eigenvalue weighted by atomic mass is 9.86. The van der Waals surface area contributed by atoms with Crippen molar-refractivity contribution in [2.75, 3.05) is 46.0 Å². The second-order valence-corrected chi connectivity index (χ2v) is 12.8. The van der Waals surface area contributed by atoms with Gasteiger partial charge in [-0.3, -0.25) is 10.0 Å². The van der Waals surface area contributed by atoms with E-state index in [1.165, 1.54) is 9.21 Å². The largest absolute Gasteiger partial charge is 0.331 e. The molecular formula is C25H35N5O5S. The number of nitriles is 1. The molecule has 4 rings (SSSR count). The van der Waals surface area contributed by atoms with E-state index in [9.17, 15) is 23.2 Å². The molecule has 0 bridgehead atoms. The zero-order chi connectivity index (χ0) is 26.3. The van der Waals surface area contributed by atoms with Crippen LogP contribution in [0.1, 0.15) is 48.3 Å². The van der Waals surface area contributed by atoms with Gasteiger partial charge in [0.15, 0.2) is 0 Å². The molecule has 10 nitrogen and oxygen atoms in total. The molecule has 1 aliphatic carbocycles. The van der Waals surface area contributed by atoms with E-state index >= 15 is 0 Å². The molecule has 2 N–H and O–H groups in total. The van der Waals surface area contributed by atoms with Gasteiger partial charge in [0.1, 0.15) is 0 Å². The highest BCUT2D eigenvalue weighted by Crippen LogP contribution is 2.50. The Kier molecular flexibility index (Phi) is 7.33. The summed E-state index contributed by atoms with van der Waals surface area (Å²) < 4.78 is 28.5. The third-order valence-electron chi connectivity index (χ3n) is 8.26. The molecule has 1 saturated carbocycles. The lowest BCUT2D eigenvalue weighted by Crippen LogP contribution is -2.49. The fourth-order valence-corrected chi connectivity index (χ4v) is 8.52. The van der Waals surface area contributed by atoms with Crippen molar-refractivity contribution in [2.24, 2.45) is 17.3 Å². The first-order chi connectivity index (χ1) is 17.0. The number of urea groups is 1. The van der Waals surface area contributed by atoms with Gasteiger partial charge >= 0.3 is 6.03 Å². The fourth-order valence-electron chi connectivity index (χ4n) is 6.50. The summed E-state index contributed by atoms with van der Waals surface area (Å²) in [6.07, 6.45) is 1.97. The van der Waals surface area contributed by atoms with Gasteiger partial charge in [0, 0.05) is 40.3 Å². The minimum Gasteiger partial charge on any atom is -0.331 e. The second-order valence-electron chi connectivity index (χ2n) is 10.8. The number of amides is 3. The molecule has 1 aromatic carbocycles. The maximum Gasteiger partial charge on any atom is 0.319 e. The minimum absolute atomic E-state index is 0.0199. The van der Waals surface area contributed by atoms with E-state index in [4.69, 9.17) is 5.26 Å². The number of likely N-dealkylation sites (tertiary alicyclic amines) is 1. The molecule has 0 radical (unpaired) electrons. The van der Waals surface area contributed by atoms with Gasteiger partial charge in [0.05, 0.1) is 22.8 Å². The Bertz CT molecular complexity index is 1160. The zero-order valence-electron chi connectivity index (χ0n) is 21.1. The summed E-state index contributed by atoms with van der Waals surface area (Å²) in [6, 6.07) is 7.68. The monoisotopic (exact) mass is 517 g/mol. The van der Waals surface area contributed by atoms with Crippen LogP contribution in [-0.2, 0) is 14.8 Å². The molecular weight excluding hydrogens is 482 g/mol. The van der Waals surface area contributed by atoms with Crippen LogP contribution in [0.2, 0.25) is 0 Å². The number of nitrogens with zero attached hydrogens (tertiary/aromatic N) is 4. The Balaban J connectivity index is 1.43. The Morgan fingerprint density at radius 3 is 2.31 bits per heavy atom. The van der Waals surface area contributed by atoms with Crippen molar-refractivity contribution in [3.05, 3.63) is 34.9 Å². The van der Waals surface area contributed by atoms with Crippen molar-refractivity contribution < 1.29 is 23.2 Å². The molecule has 1 unspecified atom stereocenters. The smallest absolute Gasteiger partial charge is 0.319 e. The van der Waals surface area contributed by atoms with Gasteiger partial charge < -0.3 is 9.80 Å². The number of rotatable bonds is 5. The normalized spacial score (nSPS) is 26.9. The second kappa shape index (κ2) is 10.00. The SMILES string of the molecule is Cc1cc(C#N)ccc1C1CCN(S(=O)(=O)CC2(C(=O)NO)C[C@H]3CN(C(=O)N(C)C)C[C@H]3C2)CC1. The van der Waals surface area contributed by atoms with Gasteiger partial charge in [0.2, 0.25) is 10.0 Å². The highest BCUT2D eigenvalue weighted by molar-refractivity contribution is 7.89. The van der Waals surface area contributed by atoms with Crippen LogP contribution in [0.3, 0.4) is 0 Å². The Morgan fingerprint density at radius 2 is 1.81 bits per heavy atom. The van der Waals surface area contributed by atoms with Crippen LogP contribution in [-0.4, -0.2) is 85.7 Å². The number of fused-ring (bicyclic) bond motifs is 1. The molecule has 3 aliphatic rings. The van der Waals surface area contributed by atoms with Crippen LogP contribution in [0.15, 0.2) is 18.2 Å². The van der Waals surface area contributed by atoms with E-state index in [0.717, 1.165) is 11.1 Å². The predicted octanol–water partition coefficient (Wildman–Crippen LogP) is 1.89. The number of carbonyl (C=O) groups is 2. The van der Waals surface area contributed by atoms with E-state index in [0.29, 0.717) is 57.4 Å². The molecule has 11 heteroatoms.